The number of aromatic nitrogens is 10. The van der Waals surface area contributed by atoms with Crippen LogP contribution in [0.15, 0.2) is 81.4 Å². The van der Waals surface area contributed by atoms with Gasteiger partial charge in [-0.15, -0.1) is 10.2 Å². The van der Waals surface area contributed by atoms with Crippen LogP contribution in [-0.2, 0) is 20.9 Å². The predicted molar refractivity (Wildman–Crippen MR) is 263 cm³/mol. The number of nitrogens with zero attached hydrogens (tertiary/aromatic N) is 10. The van der Waals surface area contributed by atoms with Crippen LogP contribution in [0, 0.1) is 36.5 Å². The molecule has 7 N–H and O–H groups in total. The number of likely N-dealkylation sites (tertiary alicyclic amines) is 1. The highest BCUT2D eigenvalue weighted by atomic mass is 32.2. The van der Waals surface area contributed by atoms with E-state index in [9.17, 15) is 24.3 Å². The monoisotopic (exact) mass is 967 g/mol. The molecule has 1 fully saturated rings. The number of anilines is 1. The summed E-state index contributed by atoms with van der Waals surface area (Å²) in [5.74, 6) is 13.0. The minimum Gasteiger partial charge on any atom is -0.470 e. The van der Waals surface area contributed by atoms with Gasteiger partial charge in [-0.05, 0) is 69.1 Å². The molecule has 1 saturated heterocycles. The minimum atomic E-state index is -0.778. The van der Waals surface area contributed by atoms with Crippen molar-refractivity contribution >= 4 is 46.3 Å². The van der Waals surface area contributed by atoms with Crippen LogP contribution in [0.25, 0.3) is 28.1 Å². The van der Waals surface area contributed by atoms with E-state index in [0.717, 1.165) is 54.8 Å². The van der Waals surface area contributed by atoms with E-state index in [-0.39, 0.29) is 36.5 Å². The quantitative estimate of drug-likeness (QED) is 0.0431. The average molecular weight is 968 g/mol. The zero-order chi connectivity index (χ0) is 49.0. The van der Waals surface area contributed by atoms with Crippen molar-refractivity contribution in [2.24, 2.45) is 11.7 Å². The van der Waals surface area contributed by atoms with Crippen LogP contribution in [0.1, 0.15) is 61.1 Å². The molecule has 8 rings (SSSR count). The highest BCUT2D eigenvalue weighted by molar-refractivity contribution is 7.99. The molecule has 362 valence electrons. The Morgan fingerprint density at radius 2 is 1.74 bits per heavy atom. The van der Waals surface area contributed by atoms with Crippen molar-refractivity contribution in [1.29, 1.82) is 0 Å². The molecule has 6 heterocycles. The van der Waals surface area contributed by atoms with Gasteiger partial charge in [-0.25, -0.2) is 24.1 Å². The second-order valence-electron chi connectivity index (χ2n) is 16.6. The number of nitrogens with two attached hydrogens (primary N) is 1. The summed E-state index contributed by atoms with van der Waals surface area (Å²) in [5, 5.41) is 36.9. The second kappa shape index (κ2) is 23.1. The maximum Gasteiger partial charge on any atom is 0.331 e. The lowest BCUT2D eigenvalue weighted by Gasteiger charge is -2.31. The van der Waals surface area contributed by atoms with Gasteiger partial charge >= 0.3 is 5.69 Å². The van der Waals surface area contributed by atoms with Crippen molar-refractivity contribution in [2.45, 2.75) is 57.5 Å². The van der Waals surface area contributed by atoms with Crippen molar-refractivity contribution in [1.82, 2.24) is 65.0 Å². The fourth-order valence-electron chi connectivity index (χ4n) is 7.83. The highest BCUT2D eigenvalue weighted by Crippen LogP contribution is 2.34. The van der Waals surface area contributed by atoms with E-state index in [4.69, 9.17) is 15.5 Å². The standard InChI is InChI=1S/C48H53N15O6S/c1-3-25-70-47-53-43(51-20-18-49)42-44(54-47)63(59-57-42)28-34-8-6-32(7-9-34)5-4-19-52-46(67)36-16-22-60(23-17-36)24-21-50-40(65)15-12-33-10-13-35(14-11-33)37-29-62(58-56-37)38-26-41(69-39(38)30-64)61-27-31(2)45(66)55-48(61)68/h6-11,13-14,27,29,36,41,64H,3,16-26,28,30,49H2,1-2H3,(H,50,65)(H,52,67)(H,51,53,54)(H,55,66,68)/t41-/m1/s1. The van der Waals surface area contributed by atoms with Gasteiger partial charge in [-0.1, -0.05) is 71.1 Å². The van der Waals surface area contributed by atoms with Crippen LogP contribution in [0.2, 0.25) is 0 Å². The second-order valence-corrected chi connectivity index (χ2v) is 17.6. The third kappa shape index (κ3) is 12.1. The number of piperidine rings is 1. The third-order valence-electron chi connectivity index (χ3n) is 11.6. The van der Waals surface area contributed by atoms with Crippen LogP contribution < -0.4 is 32.9 Å². The van der Waals surface area contributed by atoms with Crippen molar-refractivity contribution in [3.63, 3.8) is 0 Å². The van der Waals surface area contributed by atoms with Gasteiger partial charge in [0.25, 0.3) is 11.5 Å². The van der Waals surface area contributed by atoms with E-state index >= 15 is 0 Å². The maximum atomic E-state index is 12.9. The zero-order valence-electron chi connectivity index (χ0n) is 38.8. The number of aromatic amines is 1. The zero-order valence-corrected chi connectivity index (χ0v) is 39.6. The molecule has 70 heavy (non-hydrogen) atoms. The first-order valence-corrected chi connectivity index (χ1v) is 24.0. The maximum absolute atomic E-state index is 12.9. The molecule has 4 aromatic heterocycles. The number of H-pyrrole nitrogens is 1. The Labute approximate surface area is 406 Å². The molecule has 6 aromatic rings. The Morgan fingerprint density at radius 1 is 0.971 bits per heavy atom. The number of hydrogen-bond donors (Lipinski definition) is 6. The van der Waals surface area contributed by atoms with Crippen molar-refractivity contribution in [3.05, 3.63) is 110 Å². The fourth-order valence-corrected chi connectivity index (χ4v) is 8.53. The van der Waals surface area contributed by atoms with Crippen LogP contribution in [-0.4, -0.2) is 130 Å². The van der Waals surface area contributed by atoms with Gasteiger partial charge < -0.3 is 36.4 Å². The number of thioether (sulfide) groups is 1. The van der Waals surface area contributed by atoms with Gasteiger partial charge in [0, 0.05) is 72.2 Å². The van der Waals surface area contributed by atoms with Crippen LogP contribution in [0.4, 0.5) is 5.82 Å². The number of aliphatic hydroxyl groups is 1. The number of aliphatic hydroxyl groups excluding tert-OH is 1. The summed E-state index contributed by atoms with van der Waals surface area (Å²) in [7, 11) is 0. The van der Waals surface area contributed by atoms with Crippen LogP contribution in [0.5, 0.6) is 0 Å². The van der Waals surface area contributed by atoms with Crippen molar-refractivity contribution < 1.29 is 19.4 Å². The minimum absolute atomic E-state index is 0.00413. The Morgan fingerprint density at radius 3 is 2.50 bits per heavy atom. The van der Waals surface area contributed by atoms with Crippen LogP contribution >= 0.6 is 11.8 Å². The predicted octanol–water partition coefficient (Wildman–Crippen LogP) is 1.69. The number of benzene rings is 2. The van der Waals surface area contributed by atoms with E-state index in [1.807, 2.05) is 36.4 Å². The molecule has 0 aliphatic carbocycles. The molecule has 2 aliphatic heterocycles. The molecule has 2 aromatic carbocycles. The summed E-state index contributed by atoms with van der Waals surface area (Å²) >= 11 is 1.59. The normalized spacial score (nSPS) is 14.9. The fraction of sp³-hybridized carbons (Fsp3) is 0.375. The summed E-state index contributed by atoms with van der Waals surface area (Å²) in [4.78, 5) is 63.6. The summed E-state index contributed by atoms with van der Waals surface area (Å²) in [5.41, 5.74) is 10.5. The molecule has 0 radical (unpaired) electrons. The summed E-state index contributed by atoms with van der Waals surface area (Å²) < 4.78 is 10.4. The van der Waals surface area contributed by atoms with Gasteiger partial charge in [-0.2, -0.15) is 0 Å². The molecule has 0 bridgehead atoms. The molecular formula is C48H53N15O6S. The molecule has 21 nitrogen and oxygen atoms in total. The number of aryl methyl sites for hydroxylation is 1. The lowest BCUT2D eigenvalue weighted by atomic mass is 9.96. The number of rotatable bonds is 17. The molecule has 1 atom stereocenters. The summed E-state index contributed by atoms with van der Waals surface area (Å²) in [6, 6.07) is 15.1. The first kappa shape index (κ1) is 48.8. The Kier molecular flexibility index (Phi) is 16.1. The number of hydrogen-bond acceptors (Lipinski definition) is 16. The molecule has 2 aliphatic rings. The molecule has 2 amide bonds. The lowest BCUT2D eigenvalue weighted by Crippen LogP contribution is -2.43. The smallest absolute Gasteiger partial charge is 0.331 e. The molecule has 0 spiro atoms. The van der Waals surface area contributed by atoms with Crippen LogP contribution in [0.3, 0.4) is 0 Å². The van der Waals surface area contributed by atoms with E-state index in [1.165, 1.54) is 15.4 Å². The van der Waals surface area contributed by atoms with Crippen molar-refractivity contribution in [2.75, 3.05) is 63.5 Å². The lowest BCUT2D eigenvalue weighted by molar-refractivity contribution is -0.126. The van der Waals surface area contributed by atoms with Gasteiger partial charge in [-0.3, -0.25) is 23.9 Å². The number of ether oxygens (including phenoxy) is 1. The van der Waals surface area contributed by atoms with Gasteiger partial charge in [0.15, 0.2) is 28.4 Å². The Hall–Kier alpha value is -7.63. The summed E-state index contributed by atoms with van der Waals surface area (Å²) in [6.45, 7) is 7.60. The average Bonchev–Trinajstić information content (AvgIpc) is 4.15. The first-order chi connectivity index (χ1) is 34.1. The third-order valence-corrected chi connectivity index (χ3v) is 12.6. The SMILES string of the molecule is CCCSc1nc(NCCN)c2nnn(Cc3ccc(C#CCNC(=O)C4CCN(CCNC(=O)C#Cc5ccc(-c6cn(C7=C(CO)O[C@@H](n8cc(C)c(=O)[nH]c8=O)C7)nn6)cc5)CC4)cc3)c2n1. The Bertz CT molecular complexity index is 3110. The Balaban J connectivity index is 0.732. The molecule has 22 heteroatoms. The molecular weight excluding hydrogens is 915 g/mol. The largest absolute Gasteiger partial charge is 0.470 e. The van der Waals surface area contributed by atoms with Gasteiger partial charge in [0.05, 0.1) is 31.4 Å². The number of carbonyl (C=O) groups is 2. The first-order valence-electron chi connectivity index (χ1n) is 23.0. The van der Waals surface area contributed by atoms with Crippen molar-refractivity contribution in [3.8, 4) is 34.9 Å². The van der Waals surface area contributed by atoms with E-state index < -0.39 is 24.1 Å². The summed E-state index contributed by atoms with van der Waals surface area (Å²) in [6.07, 6.45) is 4.97. The number of carbonyl (C=O) groups excluding carboxylic acids is 2. The van der Waals surface area contributed by atoms with E-state index in [1.54, 1.807) is 41.7 Å². The number of nitrogens with one attached hydrogen (secondary N) is 4. The molecule has 0 unspecified atom stereocenters. The number of amides is 2. The van der Waals surface area contributed by atoms with E-state index in [0.29, 0.717) is 77.4 Å². The number of fused-ring (bicyclic) bond motifs is 1. The topological polar surface area (TPSA) is 271 Å². The van der Waals surface area contributed by atoms with Gasteiger partial charge in [0.1, 0.15) is 18.1 Å². The van der Waals surface area contributed by atoms with Gasteiger partial charge in [0.2, 0.25) is 5.91 Å². The molecule has 0 saturated carbocycles. The highest BCUT2D eigenvalue weighted by Gasteiger charge is 2.30. The van der Waals surface area contributed by atoms with E-state index in [2.05, 4.69) is 82.0 Å².